The molecule has 3 nitrogen and oxygen atoms in total. The number of rotatable bonds is 5. The molecule has 1 N–H and O–H groups in total. The molecule has 0 fully saturated rings. The van der Waals surface area contributed by atoms with E-state index in [2.05, 4.69) is 31.3 Å². The van der Waals surface area contributed by atoms with Gasteiger partial charge >= 0.3 is 0 Å². The normalized spacial score (nSPS) is 25.1. The number of hydrogen-bond donors (Lipinski definition) is 1. The van der Waals surface area contributed by atoms with Crippen LogP contribution in [0.2, 0.25) is 0 Å². The van der Waals surface area contributed by atoms with Gasteiger partial charge in [-0.2, -0.15) is 0 Å². The van der Waals surface area contributed by atoms with Crippen LogP contribution in [0.15, 0.2) is 59.5 Å². The standard InChI is InChI=1S/C21H27NO2S/c1-3-5-15-21(4-2)16-25(23,24)19-14-10-9-13-18(19)20(22-21)17-11-7-6-8-12-17/h6-14,20,22H,3-5,15-16H2,1-2H3/t20-,21-/m1/s1. The van der Waals surface area contributed by atoms with Gasteiger partial charge in [-0.1, -0.05) is 75.2 Å². The summed E-state index contributed by atoms with van der Waals surface area (Å²) in [7, 11) is -3.33. The molecule has 0 aliphatic carbocycles. The van der Waals surface area contributed by atoms with E-state index in [-0.39, 0.29) is 11.8 Å². The molecule has 0 saturated carbocycles. The summed E-state index contributed by atoms with van der Waals surface area (Å²) in [4.78, 5) is 0.475. The van der Waals surface area contributed by atoms with E-state index in [4.69, 9.17) is 0 Å². The monoisotopic (exact) mass is 357 g/mol. The second-order valence-corrected chi connectivity index (χ2v) is 8.98. The number of fused-ring (bicyclic) bond motifs is 1. The molecule has 0 radical (unpaired) electrons. The number of unbranched alkanes of at least 4 members (excludes halogenated alkanes) is 1. The minimum absolute atomic E-state index is 0.105. The van der Waals surface area contributed by atoms with E-state index in [1.807, 2.05) is 36.4 Å². The molecular formula is C21H27NO2S. The van der Waals surface area contributed by atoms with Crippen LogP contribution in [0.25, 0.3) is 0 Å². The van der Waals surface area contributed by atoms with Gasteiger partial charge in [-0.3, -0.25) is 5.32 Å². The van der Waals surface area contributed by atoms with Crippen molar-refractivity contribution >= 4 is 9.84 Å². The summed E-state index contributed by atoms with van der Waals surface area (Å²) in [5.41, 5.74) is 1.58. The summed E-state index contributed by atoms with van der Waals surface area (Å²) in [5.74, 6) is 0.164. The zero-order chi connectivity index (χ0) is 17.9. The van der Waals surface area contributed by atoms with Crippen molar-refractivity contribution in [1.29, 1.82) is 0 Å². The Balaban J connectivity index is 2.17. The fraction of sp³-hybridized carbons (Fsp3) is 0.429. The van der Waals surface area contributed by atoms with Crippen LogP contribution in [0.3, 0.4) is 0 Å². The maximum Gasteiger partial charge on any atom is 0.180 e. The van der Waals surface area contributed by atoms with E-state index < -0.39 is 15.4 Å². The SMILES string of the molecule is CCCC[C@]1(CC)CS(=O)(=O)c2ccccc2[C@@H](c2ccccc2)N1. The van der Waals surface area contributed by atoms with Gasteiger partial charge in [0.2, 0.25) is 0 Å². The van der Waals surface area contributed by atoms with Crippen LogP contribution in [0.1, 0.15) is 56.7 Å². The van der Waals surface area contributed by atoms with Gasteiger partial charge in [0, 0.05) is 5.54 Å². The Kier molecular flexibility index (Phi) is 5.30. The zero-order valence-electron chi connectivity index (χ0n) is 15.0. The fourth-order valence-electron chi connectivity index (χ4n) is 3.82. The van der Waals surface area contributed by atoms with Crippen molar-refractivity contribution in [2.45, 2.75) is 56.0 Å². The molecule has 0 aromatic heterocycles. The molecule has 2 atom stereocenters. The highest BCUT2D eigenvalue weighted by Crippen LogP contribution is 2.37. The highest BCUT2D eigenvalue weighted by atomic mass is 32.2. The molecule has 0 amide bonds. The van der Waals surface area contributed by atoms with E-state index in [9.17, 15) is 8.42 Å². The van der Waals surface area contributed by atoms with Gasteiger partial charge in [-0.05, 0) is 30.0 Å². The molecular weight excluding hydrogens is 330 g/mol. The second kappa shape index (κ2) is 7.30. The third-order valence-corrected chi connectivity index (χ3v) is 7.28. The van der Waals surface area contributed by atoms with Crippen molar-refractivity contribution in [2.75, 3.05) is 5.75 Å². The topological polar surface area (TPSA) is 46.2 Å². The van der Waals surface area contributed by atoms with Crippen molar-refractivity contribution in [3.05, 3.63) is 65.7 Å². The molecule has 134 valence electrons. The Morgan fingerprint density at radius 1 is 1.04 bits per heavy atom. The Morgan fingerprint density at radius 3 is 2.40 bits per heavy atom. The molecule has 1 aliphatic rings. The van der Waals surface area contributed by atoms with Crippen LogP contribution in [0.4, 0.5) is 0 Å². The smallest absolute Gasteiger partial charge is 0.180 e. The highest BCUT2D eigenvalue weighted by Gasteiger charge is 2.41. The van der Waals surface area contributed by atoms with E-state index in [0.29, 0.717) is 4.90 Å². The van der Waals surface area contributed by atoms with Crippen LogP contribution in [-0.4, -0.2) is 19.7 Å². The van der Waals surface area contributed by atoms with Gasteiger partial charge in [-0.25, -0.2) is 8.42 Å². The van der Waals surface area contributed by atoms with Crippen molar-refractivity contribution in [2.24, 2.45) is 0 Å². The van der Waals surface area contributed by atoms with Crippen molar-refractivity contribution < 1.29 is 8.42 Å². The van der Waals surface area contributed by atoms with Gasteiger partial charge in [-0.15, -0.1) is 0 Å². The van der Waals surface area contributed by atoms with Gasteiger partial charge in [0.25, 0.3) is 0 Å². The third kappa shape index (κ3) is 3.65. The summed E-state index contributed by atoms with van der Waals surface area (Å²) in [6.45, 7) is 4.24. The Labute approximate surface area is 151 Å². The maximum absolute atomic E-state index is 13.2. The average Bonchev–Trinajstić information content (AvgIpc) is 2.74. The minimum atomic E-state index is -3.33. The van der Waals surface area contributed by atoms with Gasteiger partial charge in [0.1, 0.15) is 0 Å². The molecule has 4 heteroatoms. The molecule has 1 aliphatic heterocycles. The van der Waals surface area contributed by atoms with Crippen LogP contribution >= 0.6 is 0 Å². The molecule has 2 aromatic rings. The predicted octanol–water partition coefficient (Wildman–Crippen LogP) is 4.49. The van der Waals surface area contributed by atoms with Crippen molar-refractivity contribution in [3.8, 4) is 0 Å². The molecule has 1 heterocycles. The quantitative estimate of drug-likeness (QED) is 0.857. The number of nitrogens with one attached hydrogen (secondary N) is 1. The molecule has 0 unspecified atom stereocenters. The first-order valence-corrected chi connectivity index (χ1v) is 10.8. The fourth-order valence-corrected chi connectivity index (χ4v) is 5.96. The summed E-state index contributed by atoms with van der Waals surface area (Å²) >= 11 is 0. The Bertz CT molecular complexity index is 817. The number of sulfone groups is 1. The van der Waals surface area contributed by atoms with Gasteiger partial charge in [0.15, 0.2) is 9.84 Å². The summed E-state index contributed by atoms with van der Waals surface area (Å²) in [5, 5.41) is 3.76. The lowest BCUT2D eigenvalue weighted by Crippen LogP contribution is -2.50. The van der Waals surface area contributed by atoms with Crippen molar-refractivity contribution in [3.63, 3.8) is 0 Å². The molecule has 0 spiro atoms. The third-order valence-electron chi connectivity index (χ3n) is 5.30. The lowest BCUT2D eigenvalue weighted by molar-refractivity contribution is 0.295. The molecule has 3 rings (SSSR count). The van der Waals surface area contributed by atoms with Gasteiger partial charge < -0.3 is 0 Å². The summed E-state index contributed by atoms with van der Waals surface area (Å²) in [6.07, 6.45) is 3.75. The minimum Gasteiger partial charge on any atom is -0.300 e. The first-order valence-electron chi connectivity index (χ1n) is 9.16. The first kappa shape index (κ1) is 18.2. The molecule has 25 heavy (non-hydrogen) atoms. The lowest BCUT2D eigenvalue weighted by Gasteiger charge is -2.35. The molecule has 0 saturated heterocycles. The van der Waals surface area contributed by atoms with E-state index in [1.165, 1.54) is 0 Å². The van der Waals surface area contributed by atoms with E-state index >= 15 is 0 Å². The maximum atomic E-state index is 13.2. The van der Waals surface area contributed by atoms with Crippen LogP contribution in [-0.2, 0) is 9.84 Å². The predicted molar refractivity (Wildman–Crippen MR) is 102 cm³/mol. The largest absolute Gasteiger partial charge is 0.300 e. The number of hydrogen-bond acceptors (Lipinski definition) is 3. The zero-order valence-corrected chi connectivity index (χ0v) is 15.9. The Morgan fingerprint density at radius 2 is 1.72 bits per heavy atom. The van der Waals surface area contributed by atoms with Gasteiger partial charge in [0.05, 0.1) is 16.7 Å². The molecule has 2 aromatic carbocycles. The van der Waals surface area contributed by atoms with E-state index in [0.717, 1.165) is 36.8 Å². The highest BCUT2D eigenvalue weighted by molar-refractivity contribution is 7.91. The van der Waals surface area contributed by atoms with Crippen LogP contribution in [0.5, 0.6) is 0 Å². The summed E-state index contributed by atoms with van der Waals surface area (Å²) < 4.78 is 26.3. The second-order valence-electron chi connectivity index (χ2n) is 7.02. The van der Waals surface area contributed by atoms with Crippen LogP contribution < -0.4 is 5.32 Å². The Hall–Kier alpha value is -1.65. The van der Waals surface area contributed by atoms with Crippen LogP contribution in [0, 0.1) is 0 Å². The molecule has 0 bridgehead atoms. The summed E-state index contributed by atoms with van der Waals surface area (Å²) in [6, 6.07) is 17.5. The lowest BCUT2D eigenvalue weighted by atomic mass is 9.88. The number of benzene rings is 2. The average molecular weight is 358 g/mol. The van der Waals surface area contributed by atoms with E-state index in [1.54, 1.807) is 6.07 Å². The van der Waals surface area contributed by atoms with Crippen molar-refractivity contribution in [1.82, 2.24) is 5.32 Å². The first-order chi connectivity index (χ1) is 12.0.